The minimum absolute atomic E-state index is 0.0102. The molecule has 0 aliphatic carbocycles. The molecule has 0 radical (unpaired) electrons. The predicted octanol–water partition coefficient (Wildman–Crippen LogP) is 2.22. The number of carbonyl (C=O) groups is 1. The molecule has 0 spiro atoms. The highest BCUT2D eigenvalue weighted by atomic mass is 16.6. The summed E-state index contributed by atoms with van der Waals surface area (Å²) in [6, 6.07) is 14.8. The molecule has 6 nitrogen and oxygen atoms in total. The predicted molar refractivity (Wildman–Crippen MR) is 83.5 cm³/mol. The average Bonchev–Trinajstić information content (AvgIpc) is 2.99. The second-order valence-electron chi connectivity index (χ2n) is 4.76. The first kappa shape index (κ1) is 13.8. The standard InChI is InChI=1S/C16H14N4O2/c17-16(21)9-15(11-4-2-1-3-5-11)20-22-13-7-6-12-10-18-19-14(12)8-13/h1-8,10H,9H2,(H2,17,21)(H,18,19)/b20-15+. The number of aromatic amines is 1. The molecule has 6 heteroatoms. The number of nitrogens with zero attached hydrogens (tertiary/aromatic N) is 2. The summed E-state index contributed by atoms with van der Waals surface area (Å²) < 4.78 is 0. The number of aromatic nitrogens is 2. The summed E-state index contributed by atoms with van der Waals surface area (Å²) in [4.78, 5) is 16.6. The minimum atomic E-state index is -0.463. The number of H-pyrrole nitrogens is 1. The zero-order chi connectivity index (χ0) is 15.4. The zero-order valence-electron chi connectivity index (χ0n) is 11.7. The molecule has 0 aliphatic rings. The second kappa shape index (κ2) is 6.09. The quantitative estimate of drug-likeness (QED) is 0.558. The molecule has 3 aromatic rings. The van der Waals surface area contributed by atoms with Crippen molar-refractivity contribution in [3.63, 3.8) is 0 Å². The summed E-state index contributed by atoms with van der Waals surface area (Å²) in [7, 11) is 0. The van der Waals surface area contributed by atoms with Gasteiger partial charge in [0.05, 0.1) is 23.8 Å². The van der Waals surface area contributed by atoms with Crippen LogP contribution in [0.15, 0.2) is 59.9 Å². The van der Waals surface area contributed by atoms with Gasteiger partial charge < -0.3 is 10.6 Å². The summed E-state index contributed by atoms with van der Waals surface area (Å²) in [5, 5.41) is 11.9. The number of fused-ring (bicyclic) bond motifs is 1. The van der Waals surface area contributed by atoms with Gasteiger partial charge in [-0.1, -0.05) is 35.5 Å². The molecule has 1 aromatic heterocycles. The number of primary amides is 1. The Kier molecular flexibility index (Phi) is 3.82. The molecule has 1 amide bonds. The third-order valence-electron chi connectivity index (χ3n) is 3.12. The van der Waals surface area contributed by atoms with Gasteiger partial charge in [0.1, 0.15) is 0 Å². The molecular weight excluding hydrogens is 280 g/mol. The van der Waals surface area contributed by atoms with Gasteiger partial charge in [-0.2, -0.15) is 5.10 Å². The van der Waals surface area contributed by atoms with Crippen molar-refractivity contribution in [1.29, 1.82) is 0 Å². The highest BCUT2D eigenvalue weighted by Gasteiger charge is 2.08. The first-order chi connectivity index (χ1) is 10.7. The first-order valence-corrected chi connectivity index (χ1v) is 6.73. The maximum atomic E-state index is 11.2. The molecule has 110 valence electrons. The maximum absolute atomic E-state index is 11.2. The number of rotatable bonds is 5. The number of oxime groups is 1. The third kappa shape index (κ3) is 3.12. The fraction of sp³-hybridized carbons (Fsp3) is 0.0625. The molecule has 0 aliphatic heterocycles. The van der Waals surface area contributed by atoms with Crippen LogP contribution in [0.3, 0.4) is 0 Å². The molecular formula is C16H14N4O2. The van der Waals surface area contributed by atoms with Crippen molar-refractivity contribution in [2.24, 2.45) is 10.9 Å². The van der Waals surface area contributed by atoms with Gasteiger partial charge in [0.15, 0.2) is 5.75 Å². The Hall–Kier alpha value is -3.15. The summed E-state index contributed by atoms with van der Waals surface area (Å²) >= 11 is 0. The number of hydrogen-bond acceptors (Lipinski definition) is 4. The fourth-order valence-corrected chi connectivity index (χ4v) is 2.06. The Balaban J connectivity index is 1.86. The number of nitrogens with one attached hydrogen (secondary N) is 1. The van der Waals surface area contributed by atoms with E-state index < -0.39 is 5.91 Å². The lowest BCUT2D eigenvalue weighted by Crippen LogP contribution is -2.17. The van der Waals surface area contributed by atoms with E-state index in [1.54, 1.807) is 18.3 Å². The summed E-state index contributed by atoms with van der Waals surface area (Å²) in [5.74, 6) is 0.0878. The van der Waals surface area contributed by atoms with Crippen molar-refractivity contribution in [3.8, 4) is 5.75 Å². The van der Waals surface area contributed by atoms with Gasteiger partial charge in [-0.3, -0.25) is 9.89 Å². The van der Waals surface area contributed by atoms with Gasteiger partial charge in [-0.15, -0.1) is 0 Å². The molecule has 1 heterocycles. The molecule has 0 saturated heterocycles. The number of amides is 1. The molecule has 3 rings (SSSR count). The topological polar surface area (TPSA) is 93.4 Å². The van der Waals surface area contributed by atoms with E-state index in [1.807, 2.05) is 36.4 Å². The Morgan fingerprint density at radius 3 is 2.82 bits per heavy atom. The zero-order valence-corrected chi connectivity index (χ0v) is 11.7. The van der Waals surface area contributed by atoms with Crippen LogP contribution < -0.4 is 10.6 Å². The van der Waals surface area contributed by atoms with Gasteiger partial charge in [0, 0.05) is 11.5 Å². The first-order valence-electron chi connectivity index (χ1n) is 6.73. The Morgan fingerprint density at radius 1 is 1.23 bits per heavy atom. The van der Waals surface area contributed by atoms with Gasteiger partial charge in [0.25, 0.3) is 0 Å². The van der Waals surface area contributed by atoms with Crippen molar-refractivity contribution in [3.05, 3.63) is 60.3 Å². The average molecular weight is 294 g/mol. The normalized spacial score (nSPS) is 11.5. The van der Waals surface area contributed by atoms with Crippen molar-refractivity contribution < 1.29 is 9.63 Å². The number of benzene rings is 2. The number of nitrogens with two attached hydrogens (primary N) is 1. The molecule has 3 N–H and O–H groups in total. The van der Waals surface area contributed by atoms with Crippen LogP contribution in [0.25, 0.3) is 10.9 Å². The van der Waals surface area contributed by atoms with Gasteiger partial charge in [-0.05, 0) is 17.7 Å². The van der Waals surface area contributed by atoms with Crippen molar-refractivity contribution in [1.82, 2.24) is 10.2 Å². The monoisotopic (exact) mass is 294 g/mol. The van der Waals surface area contributed by atoms with Gasteiger partial charge in [-0.25, -0.2) is 0 Å². The molecule has 0 unspecified atom stereocenters. The molecule has 0 atom stereocenters. The second-order valence-corrected chi connectivity index (χ2v) is 4.76. The van der Waals surface area contributed by atoms with E-state index in [0.29, 0.717) is 11.5 Å². The highest BCUT2D eigenvalue weighted by Crippen LogP contribution is 2.19. The number of hydrogen-bond donors (Lipinski definition) is 2. The van der Waals surface area contributed by atoms with E-state index in [1.165, 1.54) is 0 Å². The van der Waals surface area contributed by atoms with Gasteiger partial charge in [0.2, 0.25) is 5.91 Å². The van der Waals surface area contributed by atoms with Crippen molar-refractivity contribution >= 4 is 22.5 Å². The molecule has 0 fully saturated rings. The largest absolute Gasteiger partial charge is 0.369 e. The van der Waals surface area contributed by atoms with E-state index in [4.69, 9.17) is 10.6 Å². The molecule has 22 heavy (non-hydrogen) atoms. The van der Waals surface area contributed by atoms with Crippen molar-refractivity contribution in [2.75, 3.05) is 0 Å². The van der Waals surface area contributed by atoms with Crippen LogP contribution in [0.4, 0.5) is 0 Å². The number of carbonyl (C=O) groups excluding carboxylic acids is 1. The maximum Gasteiger partial charge on any atom is 0.223 e. The van der Waals surface area contributed by atoms with E-state index in [9.17, 15) is 4.79 Å². The van der Waals surface area contributed by atoms with E-state index >= 15 is 0 Å². The Morgan fingerprint density at radius 2 is 2.05 bits per heavy atom. The Labute approximate surface area is 126 Å². The molecule has 0 saturated carbocycles. The third-order valence-corrected chi connectivity index (χ3v) is 3.12. The van der Waals surface area contributed by atoms with E-state index in [2.05, 4.69) is 15.4 Å². The highest BCUT2D eigenvalue weighted by molar-refractivity contribution is 6.09. The van der Waals surface area contributed by atoms with Crippen LogP contribution in [0.2, 0.25) is 0 Å². The summed E-state index contributed by atoms with van der Waals surface area (Å²) in [6.45, 7) is 0. The lowest BCUT2D eigenvalue weighted by molar-refractivity contribution is -0.116. The smallest absolute Gasteiger partial charge is 0.223 e. The Bertz CT molecular complexity index is 824. The molecule has 0 bridgehead atoms. The lowest BCUT2D eigenvalue weighted by atomic mass is 10.1. The minimum Gasteiger partial charge on any atom is -0.369 e. The SMILES string of the molecule is NC(=O)C/C(=N\Oc1ccc2cn[nH]c2c1)c1ccccc1. The summed E-state index contributed by atoms with van der Waals surface area (Å²) in [6.07, 6.45) is 1.74. The molecule has 2 aromatic carbocycles. The lowest BCUT2D eigenvalue weighted by Gasteiger charge is -2.05. The van der Waals surface area contributed by atoms with Crippen molar-refractivity contribution in [2.45, 2.75) is 6.42 Å². The van der Waals surface area contributed by atoms with Crippen LogP contribution in [0, 0.1) is 0 Å². The van der Waals surface area contributed by atoms with Crippen LogP contribution in [-0.4, -0.2) is 21.8 Å². The summed E-state index contributed by atoms with van der Waals surface area (Å²) in [5.41, 5.74) is 7.40. The van der Waals surface area contributed by atoms with Crippen LogP contribution in [0.1, 0.15) is 12.0 Å². The van der Waals surface area contributed by atoms with Crippen LogP contribution >= 0.6 is 0 Å². The van der Waals surface area contributed by atoms with Crippen LogP contribution in [0.5, 0.6) is 5.75 Å². The van der Waals surface area contributed by atoms with Gasteiger partial charge >= 0.3 is 0 Å². The van der Waals surface area contributed by atoms with Crippen LogP contribution in [-0.2, 0) is 4.79 Å². The van der Waals surface area contributed by atoms with E-state index in [-0.39, 0.29) is 6.42 Å². The van der Waals surface area contributed by atoms with E-state index in [0.717, 1.165) is 16.5 Å². The fourth-order valence-electron chi connectivity index (χ4n) is 2.06.